The average Bonchev–Trinajstić information content (AvgIpc) is 3.04. The van der Waals surface area contributed by atoms with Gasteiger partial charge in [-0.2, -0.15) is 0 Å². The van der Waals surface area contributed by atoms with Crippen molar-refractivity contribution < 1.29 is 47.9 Å². The molecule has 44 heavy (non-hydrogen) atoms. The summed E-state index contributed by atoms with van der Waals surface area (Å²) >= 11 is 0. The zero-order chi connectivity index (χ0) is 31.5. The maximum Gasteiger partial charge on any atom is 0.329 e. The number of cyclic esters (lactones) is 1. The number of hydrogen-bond donors (Lipinski definition) is 2. The van der Waals surface area contributed by atoms with Gasteiger partial charge < -0.3 is 43.6 Å². The smallest absolute Gasteiger partial charge is 0.329 e. The molecule has 1 aliphatic rings. The Morgan fingerprint density at radius 1 is 0.932 bits per heavy atom. The van der Waals surface area contributed by atoms with Crippen LogP contribution >= 0.6 is 0 Å². The van der Waals surface area contributed by atoms with Gasteiger partial charge in [-0.15, -0.1) is 0 Å². The molecule has 1 fully saturated rings. The van der Waals surface area contributed by atoms with Gasteiger partial charge in [-0.25, -0.2) is 9.78 Å². The second-order valence-electron chi connectivity index (χ2n) is 10.1. The van der Waals surface area contributed by atoms with E-state index in [1.165, 1.54) is 19.4 Å². The van der Waals surface area contributed by atoms with Gasteiger partial charge in [-0.1, -0.05) is 24.3 Å². The Morgan fingerprint density at radius 3 is 2.14 bits per heavy atom. The van der Waals surface area contributed by atoms with Crippen molar-refractivity contribution in [1.82, 2.24) is 10.3 Å². The van der Waals surface area contributed by atoms with E-state index in [4.69, 9.17) is 33.2 Å². The van der Waals surface area contributed by atoms with Gasteiger partial charge in [0, 0.05) is 25.3 Å². The topological polar surface area (TPSA) is 144 Å². The fourth-order valence-corrected chi connectivity index (χ4v) is 4.60. The van der Waals surface area contributed by atoms with Crippen molar-refractivity contribution in [1.29, 1.82) is 0 Å². The number of carbonyl (C=O) groups excluding carboxylic acids is 2. The van der Waals surface area contributed by atoms with Crippen molar-refractivity contribution in [2.45, 2.75) is 50.9 Å². The Balaban J connectivity index is 1.50. The van der Waals surface area contributed by atoms with Crippen molar-refractivity contribution in [3.05, 3.63) is 77.6 Å². The molecule has 4 rings (SSSR count). The summed E-state index contributed by atoms with van der Waals surface area (Å²) in [5.74, 6) is -0.362. The van der Waals surface area contributed by atoms with Crippen LogP contribution in [-0.2, 0) is 37.0 Å². The Kier molecular flexibility index (Phi) is 11.8. The van der Waals surface area contributed by atoms with Gasteiger partial charge in [0.25, 0.3) is 5.91 Å². The number of ether oxygens (including phenoxy) is 7. The Hall–Kier alpha value is -4.39. The van der Waals surface area contributed by atoms with Gasteiger partial charge >= 0.3 is 5.97 Å². The first kappa shape index (κ1) is 32.5. The van der Waals surface area contributed by atoms with E-state index in [9.17, 15) is 14.7 Å². The van der Waals surface area contributed by atoms with E-state index in [0.29, 0.717) is 0 Å². The van der Waals surface area contributed by atoms with Crippen LogP contribution in [0.4, 0.5) is 0 Å². The van der Waals surface area contributed by atoms with Gasteiger partial charge in [0.15, 0.2) is 17.2 Å². The summed E-state index contributed by atoms with van der Waals surface area (Å²) < 4.78 is 39.9. The fraction of sp³-hybridized carbons (Fsp3) is 0.406. The number of aromatic hydroxyl groups is 1. The lowest BCUT2D eigenvalue weighted by Crippen LogP contribution is -2.50. The summed E-state index contributed by atoms with van der Waals surface area (Å²) in [5.41, 5.74) is 1.52. The molecule has 0 unspecified atom stereocenters. The van der Waals surface area contributed by atoms with Gasteiger partial charge in [-0.3, -0.25) is 4.79 Å². The van der Waals surface area contributed by atoms with E-state index in [2.05, 4.69) is 10.3 Å². The lowest BCUT2D eigenvalue weighted by Gasteiger charge is -2.33. The Bertz CT molecular complexity index is 1370. The molecule has 236 valence electrons. The van der Waals surface area contributed by atoms with Crippen molar-refractivity contribution >= 4 is 11.9 Å². The zero-order valence-corrected chi connectivity index (χ0v) is 25.2. The molecule has 0 saturated carbocycles. The highest BCUT2D eigenvalue weighted by molar-refractivity contribution is 5.97. The highest BCUT2D eigenvalue weighted by atomic mass is 16.6. The van der Waals surface area contributed by atoms with E-state index < -0.39 is 42.0 Å². The molecular weight excluding hydrogens is 572 g/mol. The van der Waals surface area contributed by atoms with Crippen molar-refractivity contribution in [3.63, 3.8) is 0 Å². The third-order valence-electron chi connectivity index (χ3n) is 7.10. The highest BCUT2D eigenvalue weighted by Gasteiger charge is 2.35. The molecule has 0 spiro atoms. The van der Waals surface area contributed by atoms with Crippen LogP contribution in [-0.4, -0.2) is 80.9 Å². The summed E-state index contributed by atoms with van der Waals surface area (Å²) in [6.07, 6.45) is -0.669. The summed E-state index contributed by atoms with van der Waals surface area (Å²) in [5, 5.41) is 13.0. The van der Waals surface area contributed by atoms with E-state index in [1.54, 1.807) is 21.1 Å². The van der Waals surface area contributed by atoms with Crippen LogP contribution in [0.5, 0.6) is 23.0 Å². The first-order valence-corrected chi connectivity index (χ1v) is 14.1. The predicted octanol–water partition coefficient (Wildman–Crippen LogP) is 3.43. The molecule has 12 heteroatoms. The normalized spacial score (nSPS) is 20.7. The van der Waals surface area contributed by atoms with Gasteiger partial charge in [-0.05, 0) is 42.3 Å². The number of hydrogen-bond acceptors (Lipinski definition) is 11. The SMILES string of the molecule is COc1ccc(CO[C@H]2[C@H](C)OC(=O)[C@@H](NC(=O)c3nccc(OC)c3O)CCOC[C@@H]2OCc2ccc(OC)cc2)cc1. The minimum Gasteiger partial charge on any atom is -0.503 e. The number of amides is 1. The monoisotopic (exact) mass is 610 g/mol. The summed E-state index contributed by atoms with van der Waals surface area (Å²) in [6.45, 7) is 2.43. The van der Waals surface area contributed by atoms with Crippen molar-refractivity contribution in [2.24, 2.45) is 0 Å². The number of esters is 1. The lowest BCUT2D eigenvalue weighted by atomic mass is 10.1. The van der Waals surface area contributed by atoms with Gasteiger partial charge in [0.2, 0.25) is 0 Å². The fourth-order valence-electron chi connectivity index (χ4n) is 4.60. The first-order chi connectivity index (χ1) is 21.3. The van der Waals surface area contributed by atoms with Crippen LogP contribution in [0.2, 0.25) is 0 Å². The molecule has 1 aromatic heterocycles. The van der Waals surface area contributed by atoms with E-state index >= 15 is 0 Å². The molecular formula is C32H38N2O10. The molecule has 1 amide bonds. The van der Waals surface area contributed by atoms with Crippen LogP contribution in [0.15, 0.2) is 60.8 Å². The van der Waals surface area contributed by atoms with Crippen LogP contribution in [0.1, 0.15) is 35.0 Å². The number of nitrogens with one attached hydrogen (secondary N) is 1. The van der Waals surface area contributed by atoms with E-state index in [1.807, 2.05) is 48.5 Å². The largest absolute Gasteiger partial charge is 0.503 e. The second kappa shape index (κ2) is 15.9. The second-order valence-corrected chi connectivity index (χ2v) is 10.1. The summed E-state index contributed by atoms with van der Waals surface area (Å²) in [6, 6.07) is 15.3. The molecule has 4 atom stereocenters. The van der Waals surface area contributed by atoms with Crippen molar-refractivity contribution in [2.75, 3.05) is 34.5 Å². The molecule has 3 aromatic rings. The Morgan fingerprint density at radius 2 is 1.55 bits per heavy atom. The molecule has 2 aromatic carbocycles. The standard InChI is InChI=1S/C32H38N2O10/c1-20-30(43-18-22-7-11-24(39-3)12-8-22)27(42-17-21-5-9-23(38-2)10-6-21)19-41-16-14-25(32(37)44-20)34-31(36)28-29(35)26(40-4)13-15-33-28/h5-13,15,20,25,27,30,35H,14,16-19H2,1-4H3,(H,34,36)/t20-,25-,27-,30-/m0/s1. The number of methoxy groups -OCH3 is 3. The summed E-state index contributed by atoms with van der Waals surface area (Å²) in [7, 11) is 4.55. The van der Waals surface area contributed by atoms with Crippen molar-refractivity contribution in [3.8, 4) is 23.0 Å². The maximum absolute atomic E-state index is 13.3. The quantitative estimate of drug-likeness (QED) is 0.308. The first-order valence-electron chi connectivity index (χ1n) is 14.1. The molecule has 1 saturated heterocycles. The molecule has 0 aliphatic carbocycles. The number of nitrogens with zero attached hydrogens (tertiary/aromatic N) is 1. The maximum atomic E-state index is 13.3. The number of benzene rings is 2. The van der Waals surface area contributed by atoms with Gasteiger partial charge in [0.1, 0.15) is 35.9 Å². The average molecular weight is 611 g/mol. The molecule has 0 radical (unpaired) electrons. The number of pyridine rings is 1. The van der Waals surface area contributed by atoms with Crippen LogP contribution in [0.25, 0.3) is 0 Å². The minimum atomic E-state index is -1.07. The van der Waals surface area contributed by atoms with E-state index in [-0.39, 0.29) is 44.3 Å². The molecule has 1 aliphatic heterocycles. The predicted molar refractivity (Wildman–Crippen MR) is 158 cm³/mol. The van der Waals surface area contributed by atoms with E-state index in [0.717, 1.165) is 22.6 Å². The lowest BCUT2D eigenvalue weighted by molar-refractivity contribution is -0.182. The zero-order valence-electron chi connectivity index (χ0n) is 25.2. The van der Waals surface area contributed by atoms with Gasteiger partial charge in [0.05, 0.1) is 41.2 Å². The third-order valence-corrected chi connectivity index (χ3v) is 7.10. The molecule has 2 heterocycles. The third kappa shape index (κ3) is 8.59. The highest BCUT2D eigenvalue weighted by Crippen LogP contribution is 2.28. The van der Waals surface area contributed by atoms with Crippen LogP contribution in [0.3, 0.4) is 0 Å². The number of aromatic nitrogens is 1. The minimum absolute atomic E-state index is 0.0770. The summed E-state index contributed by atoms with van der Waals surface area (Å²) in [4.78, 5) is 30.2. The van der Waals surface area contributed by atoms with Crippen LogP contribution in [0, 0.1) is 0 Å². The molecule has 0 bridgehead atoms. The molecule has 2 N–H and O–H groups in total. The number of rotatable bonds is 11. The molecule has 12 nitrogen and oxygen atoms in total. The number of carbonyl (C=O) groups is 2. The Labute approximate surface area is 256 Å². The van der Waals surface area contributed by atoms with Crippen LogP contribution < -0.4 is 19.5 Å².